The van der Waals surface area contributed by atoms with E-state index in [9.17, 15) is 14.7 Å². The number of carboxylic acid groups (broad SMARTS) is 1. The molecule has 0 spiro atoms. The zero-order chi connectivity index (χ0) is 28.3. The second-order valence-corrected chi connectivity index (χ2v) is 13.6. The largest absolute Gasteiger partial charge is 0.490 e. The number of benzene rings is 1. The Hall–Kier alpha value is -2.93. The lowest BCUT2D eigenvalue weighted by atomic mass is 9.72. The van der Waals surface area contributed by atoms with E-state index in [0.29, 0.717) is 11.3 Å². The Labute approximate surface area is 241 Å². The summed E-state index contributed by atoms with van der Waals surface area (Å²) >= 11 is 1.51. The molecule has 2 aromatic heterocycles. The number of nitrogens with zero attached hydrogens (tertiary/aromatic N) is 1. The fraction of sp³-hybridized carbons (Fsp3) is 0.545. The predicted octanol–water partition coefficient (Wildman–Crippen LogP) is 7.44. The molecule has 2 saturated carbocycles. The molecular formula is C33H42N2O4S. The van der Waals surface area contributed by atoms with Gasteiger partial charge in [0, 0.05) is 17.5 Å². The van der Waals surface area contributed by atoms with Crippen LogP contribution in [0.25, 0.3) is 10.8 Å². The van der Waals surface area contributed by atoms with E-state index >= 15 is 0 Å². The zero-order valence-electron chi connectivity index (χ0n) is 23.9. The van der Waals surface area contributed by atoms with E-state index in [0.717, 1.165) is 53.0 Å². The minimum absolute atomic E-state index is 0.225. The molecule has 0 saturated heterocycles. The number of carbonyl (C=O) groups excluding carboxylic acids is 1. The fourth-order valence-corrected chi connectivity index (χ4v) is 7.13. The van der Waals surface area contributed by atoms with Crippen molar-refractivity contribution in [3.63, 3.8) is 0 Å². The van der Waals surface area contributed by atoms with Crippen molar-refractivity contribution >= 4 is 34.0 Å². The first kappa shape index (κ1) is 28.6. The van der Waals surface area contributed by atoms with E-state index in [1.54, 1.807) is 6.07 Å². The topological polar surface area (TPSA) is 88.5 Å². The molecule has 40 heavy (non-hydrogen) atoms. The van der Waals surface area contributed by atoms with Gasteiger partial charge in [0.1, 0.15) is 17.5 Å². The molecule has 0 radical (unpaired) electrons. The van der Waals surface area contributed by atoms with Crippen LogP contribution < -0.4 is 10.1 Å². The maximum Gasteiger partial charge on any atom is 0.326 e. The fourth-order valence-electron chi connectivity index (χ4n) is 6.45. The third kappa shape index (κ3) is 7.03. The second-order valence-electron chi connectivity index (χ2n) is 12.8. The smallest absolute Gasteiger partial charge is 0.326 e. The minimum Gasteiger partial charge on any atom is -0.490 e. The zero-order valence-corrected chi connectivity index (χ0v) is 24.8. The van der Waals surface area contributed by atoms with E-state index in [1.807, 2.05) is 29.0 Å². The van der Waals surface area contributed by atoms with Gasteiger partial charge in [0.05, 0.1) is 6.10 Å². The summed E-state index contributed by atoms with van der Waals surface area (Å²) in [6.45, 7) is 7.00. The summed E-state index contributed by atoms with van der Waals surface area (Å²) in [4.78, 5) is 30.1. The number of nitrogens with one attached hydrogen (secondary N) is 1. The van der Waals surface area contributed by atoms with Crippen LogP contribution >= 0.6 is 11.3 Å². The van der Waals surface area contributed by atoms with E-state index in [-0.39, 0.29) is 18.2 Å². The van der Waals surface area contributed by atoms with Gasteiger partial charge in [0.2, 0.25) is 0 Å². The first-order valence-electron chi connectivity index (χ1n) is 14.8. The van der Waals surface area contributed by atoms with Crippen molar-refractivity contribution in [2.75, 3.05) is 0 Å². The first-order chi connectivity index (χ1) is 19.2. The van der Waals surface area contributed by atoms with Crippen molar-refractivity contribution in [3.8, 4) is 5.75 Å². The average molecular weight is 563 g/mol. The normalized spacial score (nSPS) is 20.9. The van der Waals surface area contributed by atoms with Crippen molar-refractivity contribution in [2.45, 2.75) is 97.1 Å². The lowest BCUT2D eigenvalue weighted by Gasteiger charge is -2.37. The Morgan fingerprint density at radius 1 is 1.07 bits per heavy atom. The third-order valence-electron chi connectivity index (χ3n) is 8.90. The maximum absolute atomic E-state index is 13.3. The summed E-state index contributed by atoms with van der Waals surface area (Å²) in [7, 11) is 0. The molecule has 1 unspecified atom stereocenters. The molecule has 5 rings (SSSR count). The maximum atomic E-state index is 13.3. The Balaban J connectivity index is 1.37. The molecule has 1 aromatic carbocycles. The Kier molecular flexibility index (Phi) is 8.79. The molecule has 2 aliphatic carbocycles. The molecule has 2 aliphatic rings. The highest BCUT2D eigenvalue weighted by atomic mass is 32.1. The number of hydrogen-bond donors (Lipinski definition) is 2. The highest BCUT2D eigenvalue weighted by Crippen LogP contribution is 2.39. The van der Waals surface area contributed by atoms with Crippen LogP contribution in [-0.4, -0.2) is 34.1 Å². The van der Waals surface area contributed by atoms with Gasteiger partial charge in [-0.05, 0) is 95.3 Å². The monoisotopic (exact) mass is 562 g/mol. The van der Waals surface area contributed by atoms with E-state index in [4.69, 9.17) is 9.72 Å². The van der Waals surface area contributed by atoms with Crippen molar-refractivity contribution in [3.05, 3.63) is 58.0 Å². The Morgan fingerprint density at radius 2 is 1.82 bits per heavy atom. The van der Waals surface area contributed by atoms with Crippen LogP contribution in [0, 0.1) is 17.3 Å². The standard InChI is InChI=1S/C33H42N2O4S/c1-33(2,3)24-9-12-25(13-10-24)39-26-11-8-23-18-29(34-28(27(23)19-26)16-21-6-4-5-7-21)31(36)35-30(32(37)38)17-22-14-15-40-20-22/h8,11,14-15,18-21,24-25,30H,4-7,9-10,12-13,16-17H2,1-3H3,(H,35,36)(H,37,38). The number of thiophene rings is 1. The summed E-state index contributed by atoms with van der Waals surface area (Å²) in [5.41, 5.74) is 2.41. The van der Waals surface area contributed by atoms with Gasteiger partial charge >= 0.3 is 5.97 Å². The number of ether oxygens (including phenoxy) is 1. The lowest BCUT2D eigenvalue weighted by Crippen LogP contribution is -2.42. The molecule has 2 heterocycles. The molecule has 0 aliphatic heterocycles. The molecule has 1 atom stereocenters. The quantitative estimate of drug-likeness (QED) is 0.283. The van der Waals surface area contributed by atoms with Crippen LogP contribution in [0.2, 0.25) is 0 Å². The number of amides is 1. The van der Waals surface area contributed by atoms with E-state index in [1.165, 1.54) is 49.9 Å². The number of rotatable bonds is 9. The van der Waals surface area contributed by atoms with Gasteiger partial charge in [-0.15, -0.1) is 0 Å². The summed E-state index contributed by atoms with van der Waals surface area (Å²) in [5.74, 6) is 0.649. The number of fused-ring (bicyclic) bond motifs is 1. The van der Waals surface area contributed by atoms with Crippen LogP contribution in [0.1, 0.15) is 93.9 Å². The van der Waals surface area contributed by atoms with Crippen molar-refractivity contribution in [1.82, 2.24) is 10.3 Å². The van der Waals surface area contributed by atoms with Crippen molar-refractivity contribution in [2.24, 2.45) is 17.3 Å². The highest BCUT2D eigenvalue weighted by Gasteiger charge is 2.30. The Bertz CT molecular complexity index is 1320. The molecule has 7 heteroatoms. The van der Waals surface area contributed by atoms with Gasteiger partial charge in [0.15, 0.2) is 0 Å². The van der Waals surface area contributed by atoms with Gasteiger partial charge < -0.3 is 15.2 Å². The summed E-state index contributed by atoms with van der Waals surface area (Å²) in [5, 5.41) is 18.2. The predicted molar refractivity (Wildman–Crippen MR) is 160 cm³/mol. The number of carboxylic acids is 1. The summed E-state index contributed by atoms with van der Waals surface area (Å²) < 4.78 is 6.48. The number of aromatic nitrogens is 1. The SMILES string of the molecule is CC(C)(C)C1CCC(Oc2ccc3cc(C(=O)NC(Cc4ccsc4)C(=O)O)nc(CC4CCCC4)c3c2)CC1. The third-order valence-corrected chi connectivity index (χ3v) is 9.63. The van der Waals surface area contributed by atoms with Crippen LogP contribution in [0.5, 0.6) is 5.75 Å². The van der Waals surface area contributed by atoms with Gasteiger partial charge in [-0.3, -0.25) is 4.79 Å². The Morgan fingerprint density at radius 3 is 2.48 bits per heavy atom. The van der Waals surface area contributed by atoms with Gasteiger partial charge in [-0.2, -0.15) is 11.3 Å². The van der Waals surface area contributed by atoms with Crippen molar-refractivity contribution in [1.29, 1.82) is 0 Å². The minimum atomic E-state index is -1.05. The van der Waals surface area contributed by atoms with Gasteiger partial charge in [-0.1, -0.05) is 52.5 Å². The van der Waals surface area contributed by atoms with Gasteiger partial charge in [-0.25, -0.2) is 9.78 Å². The molecule has 2 fully saturated rings. The molecule has 2 N–H and O–H groups in total. The first-order valence-corrected chi connectivity index (χ1v) is 15.7. The van der Waals surface area contributed by atoms with E-state index in [2.05, 4.69) is 32.2 Å². The van der Waals surface area contributed by atoms with Crippen LogP contribution in [0.3, 0.4) is 0 Å². The second kappa shape index (κ2) is 12.3. The highest BCUT2D eigenvalue weighted by molar-refractivity contribution is 7.07. The molecular weight excluding hydrogens is 520 g/mol. The van der Waals surface area contributed by atoms with E-state index < -0.39 is 17.9 Å². The molecule has 0 bridgehead atoms. The number of aliphatic carboxylic acids is 1. The molecule has 214 valence electrons. The average Bonchev–Trinajstić information content (AvgIpc) is 3.63. The number of hydrogen-bond acceptors (Lipinski definition) is 5. The lowest BCUT2D eigenvalue weighted by molar-refractivity contribution is -0.139. The molecule has 6 nitrogen and oxygen atoms in total. The number of pyridine rings is 1. The van der Waals surface area contributed by atoms with Gasteiger partial charge in [0.25, 0.3) is 5.91 Å². The van der Waals surface area contributed by atoms with Crippen LogP contribution in [0.4, 0.5) is 0 Å². The summed E-state index contributed by atoms with van der Waals surface area (Å²) in [6.07, 6.45) is 10.6. The summed E-state index contributed by atoms with van der Waals surface area (Å²) in [6, 6.07) is 8.77. The molecule has 1 amide bonds. The van der Waals surface area contributed by atoms with Crippen LogP contribution in [0.15, 0.2) is 41.1 Å². The number of carbonyl (C=O) groups is 2. The molecule has 3 aromatic rings. The van der Waals surface area contributed by atoms with Crippen molar-refractivity contribution < 1.29 is 19.4 Å². The van der Waals surface area contributed by atoms with Crippen LogP contribution in [-0.2, 0) is 17.6 Å².